The normalized spacial score (nSPS) is 12.1. The van der Waals surface area contributed by atoms with Crippen molar-refractivity contribution in [1.29, 1.82) is 0 Å². The predicted molar refractivity (Wildman–Crippen MR) is 119 cm³/mol. The summed E-state index contributed by atoms with van der Waals surface area (Å²) in [5.74, 6) is 0.245. The standard InChI is InChI=1S/C23H24N2O4S/c1-18(25(30(2,27)28)21-11-7-4-8-12-21)23(26)24-20-13-15-22(16-14-20)29-17-19-9-5-3-6-10-19/h3-16,18H,17H2,1-2H3,(H,24,26)/t18-/m1/s1. The Morgan fingerprint density at radius 2 is 1.50 bits per heavy atom. The van der Waals surface area contributed by atoms with Crippen LogP contribution in [0.15, 0.2) is 84.9 Å². The molecule has 1 N–H and O–H groups in total. The zero-order chi connectivity index (χ0) is 21.6. The molecule has 30 heavy (non-hydrogen) atoms. The summed E-state index contributed by atoms with van der Waals surface area (Å²) in [4.78, 5) is 12.7. The van der Waals surface area contributed by atoms with Gasteiger partial charge in [-0.1, -0.05) is 48.5 Å². The number of anilines is 2. The van der Waals surface area contributed by atoms with E-state index < -0.39 is 22.0 Å². The number of benzene rings is 3. The van der Waals surface area contributed by atoms with Crippen molar-refractivity contribution in [2.75, 3.05) is 15.9 Å². The highest BCUT2D eigenvalue weighted by atomic mass is 32.2. The molecular formula is C23H24N2O4S. The van der Waals surface area contributed by atoms with Crippen LogP contribution in [-0.4, -0.2) is 26.6 Å². The van der Waals surface area contributed by atoms with Crippen molar-refractivity contribution in [1.82, 2.24) is 0 Å². The first-order valence-corrected chi connectivity index (χ1v) is 11.3. The van der Waals surface area contributed by atoms with E-state index in [0.717, 1.165) is 16.1 Å². The molecule has 0 aliphatic carbocycles. The van der Waals surface area contributed by atoms with Crippen molar-refractivity contribution in [3.63, 3.8) is 0 Å². The molecule has 0 saturated carbocycles. The molecule has 1 amide bonds. The van der Waals surface area contributed by atoms with Gasteiger partial charge in [0.2, 0.25) is 15.9 Å². The van der Waals surface area contributed by atoms with E-state index in [1.165, 1.54) is 0 Å². The van der Waals surface area contributed by atoms with E-state index in [0.29, 0.717) is 23.7 Å². The second kappa shape index (κ2) is 9.45. The smallest absolute Gasteiger partial charge is 0.247 e. The molecule has 0 bridgehead atoms. The molecule has 0 fully saturated rings. The van der Waals surface area contributed by atoms with E-state index in [-0.39, 0.29) is 0 Å². The Balaban J connectivity index is 1.65. The minimum Gasteiger partial charge on any atom is -0.489 e. The first-order chi connectivity index (χ1) is 14.3. The quantitative estimate of drug-likeness (QED) is 0.592. The van der Waals surface area contributed by atoms with Crippen molar-refractivity contribution < 1.29 is 17.9 Å². The van der Waals surface area contributed by atoms with E-state index >= 15 is 0 Å². The first kappa shape index (κ1) is 21.4. The SMILES string of the molecule is C[C@H](C(=O)Nc1ccc(OCc2ccccc2)cc1)N(c1ccccc1)S(C)(=O)=O. The summed E-state index contributed by atoms with van der Waals surface area (Å²) in [5, 5.41) is 2.76. The van der Waals surface area contributed by atoms with Crippen molar-refractivity contribution in [2.24, 2.45) is 0 Å². The molecular weight excluding hydrogens is 400 g/mol. The Labute approximate surface area is 177 Å². The van der Waals surface area contributed by atoms with Crippen LogP contribution < -0.4 is 14.4 Å². The fraction of sp³-hybridized carbons (Fsp3) is 0.174. The number of nitrogens with zero attached hydrogens (tertiary/aromatic N) is 1. The van der Waals surface area contributed by atoms with Gasteiger partial charge in [0.15, 0.2) is 0 Å². The van der Waals surface area contributed by atoms with E-state index in [2.05, 4.69) is 5.32 Å². The minimum absolute atomic E-state index is 0.428. The van der Waals surface area contributed by atoms with E-state index in [1.807, 2.05) is 30.3 Å². The molecule has 156 valence electrons. The molecule has 1 atom stereocenters. The van der Waals surface area contributed by atoms with Crippen molar-refractivity contribution in [3.05, 3.63) is 90.5 Å². The van der Waals surface area contributed by atoms with Crippen LogP contribution in [0.5, 0.6) is 5.75 Å². The summed E-state index contributed by atoms with van der Waals surface area (Å²) < 4.78 is 31.4. The average Bonchev–Trinajstić information content (AvgIpc) is 2.74. The largest absolute Gasteiger partial charge is 0.489 e. The Morgan fingerprint density at radius 1 is 0.933 bits per heavy atom. The molecule has 3 aromatic carbocycles. The Morgan fingerprint density at radius 3 is 2.07 bits per heavy atom. The van der Waals surface area contributed by atoms with Gasteiger partial charge >= 0.3 is 0 Å². The lowest BCUT2D eigenvalue weighted by Gasteiger charge is -2.28. The highest BCUT2D eigenvalue weighted by Crippen LogP contribution is 2.22. The number of sulfonamides is 1. The summed E-state index contributed by atoms with van der Waals surface area (Å²) >= 11 is 0. The van der Waals surface area contributed by atoms with Crippen LogP contribution in [0.2, 0.25) is 0 Å². The molecule has 7 heteroatoms. The van der Waals surface area contributed by atoms with Crippen molar-refractivity contribution in [2.45, 2.75) is 19.6 Å². The van der Waals surface area contributed by atoms with Gasteiger partial charge in [0.25, 0.3) is 0 Å². The van der Waals surface area contributed by atoms with Gasteiger partial charge in [-0.15, -0.1) is 0 Å². The zero-order valence-corrected chi connectivity index (χ0v) is 17.7. The van der Waals surface area contributed by atoms with Crippen LogP contribution in [0.3, 0.4) is 0 Å². The minimum atomic E-state index is -3.64. The highest BCUT2D eigenvalue weighted by Gasteiger charge is 2.29. The Hall–Kier alpha value is -3.32. The third-order valence-electron chi connectivity index (χ3n) is 4.47. The number of hydrogen-bond donors (Lipinski definition) is 1. The summed E-state index contributed by atoms with van der Waals surface area (Å²) in [6, 6.07) is 24.4. The molecule has 0 heterocycles. The third kappa shape index (κ3) is 5.61. The van der Waals surface area contributed by atoms with Crippen LogP contribution in [0, 0.1) is 0 Å². The second-order valence-electron chi connectivity index (χ2n) is 6.86. The van der Waals surface area contributed by atoms with E-state index in [4.69, 9.17) is 4.74 Å². The summed E-state index contributed by atoms with van der Waals surface area (Å²) in [5.41, 5.74) is 2.05. The number of carbonyl (C=O) groups is 1. The Bertz CT molecular complexity index is 1070. The molecule has 0 aliphatic heterocycles. The lowest BCUT2D eigenvalue weighted by Crippen LogP contribution is -2.45. The molecule has 6 nitrogen and oxygen atoms in total. The van der Waals surface area contributed by atoms with Crippen molar-refractivity contribution in [3.8, 4) is 5.75 Å². The molecule has 3 rings (SSSR count). The zero-order valence-electron chi connectivity index (χ0n) is 16.9. The van der Waals surface area contributed by atoms with Crippen LogP contribution in [0.4, 0.5) is 11.4 Å². The number of para-hydroxylation sites is 1. The molecule has 0 aromatic heterocycles. The summed E-state index contributed by atoms with van der Waals surface area (Å²) in [6.07, 6.45) is 1.09. The first-order valence-electron chi connectivity index (χ1n) is 9.47. The van der Waals surface area contributed by atoms with Crippen LogP contribution >= 0.6 is 0 Å². The maximum absolute atomic E-state index is 12.7. The highest BCUT2D eigenvalue weighted by molar-refractivity contribution is 7.92. The molecule has 0 aliphatic rings. The lowest BCUT2D eigenvalue weighted by atomic mass is 10.2. The van der Waals surface area contributed by atoms with Gasteiger partial charge < -0.3 is 10.1 Å². The van der Waals surface area contributed by atoms with Gasteiger partial charge in [0, 0.05) is 5.69 Å². The number of ether oxygens (including phenoxy) is 1. The number of hydrogen-bond acceptors (Lipinski definition) is 4. The van der Waals surface area contributed by atoms with Crippen LogP contribution in [0.1, 0.15) is 12.5 Å². The number of amides is 1. The molecule has 0 spiro atoms. The van der Waals surface area contributed by atoms with Crippen molar-refractivity contribution >= 4 is 27.3 Å². The summed E-state index contributed by atoms with van der Waals surface area (Å²) in [7, 11) is -3.64. The van der Waals surface area contributed by atoms with E-state index in [1.54, 1.807) is 61.5 Å². The maximum atomic E-state index is 12.7. The predicted octanol–water partition coefficient (Wildman–Crippen LogP) is 4.06. The van der Waals surface area contributed by atoms with Gasteiger partial charge in [-0.05, 0) is 48.9 Å². The van der Waals surface area contributed by atoms with Gasteiger partial charge in [-0.2, -0.15) is 0 Å². The monoisotopic (exact) mass is 424 g/mol. The fourth-order valence-electron chi connectivity index (χ4n) is 3.01. The van der Waals surface area contributed by atoms with Gasteiger partial charge in [0.1, 0.15) is 18.4 Å². The van der Waals surface area contributed by atoms with Gasteiger partial charge in [-0.3, -0.25) is 9.10 Å². The fourth-order valence-corrected chi connectivity index (χ4v) is 4.18. The lowest BCUT2D eigenvalue weighted by molar-refractivity contribution is -0.116. The maximum Gasteiger partial charge on any atom is 0.247 e. The number of rotatable bonds is 8. The molecule has 0 unspecified atom stereocenters. The van der Waals surface area contributed by atoms with Crippen LogP contribution in [0.25, 0.3) is 0 Å². The molecule has 3 aromatic rings. The second-order valence-corrected chi connectivity index (χ2v) is 8.72. The number of nitrogens with one attached hydrogen (secondary N) is 1. The molecule has 0 radical (unpaired) electrons. The third-order valence-corrected chi connectivity index (χ3v) is 5.71. The van der Waals surface area contributed by atoms with Gasteiger partial charge in [-0.25, -0.2) is 8.42 Å². The van der Waals surface area contributed by atoms with E-state index in [9.17, 15) is 13.2 Å². The average molecular weight is 425 g/mol. The van der Waals surface area contributed by atoms with Crippen LogP contribution in [-0.2, 0) is 21.4 Å². The number of carbonyl (C=O) groups excluding carboxylic acids is 1. The van der Waals surface area contributed by atoms with Gasteiger partial charge in [0.05, 0.1) is 11.9 Å². The molecule has 0 saturated heterocycles. The topological polar surface area (TPSA) is 75.7 Å². The Kier molecular flexibility index (Phi) is 6.74. The summed E-state index contributed by atoms with van der Waals surface area (Å²) in [6.45, 7) is 2.00.